The fraction of sp³-hybridized carbons (Fsp3) is 0.467. The highest BCUT2D eigenvalue weighted by atomic mass is 19.1. The lowest BCUT2D eigenvalue weighted by Gasteiger charge is -2.20. The van der Waals surface area contributed by atoms with Crippen molar-refractivity contribution < 1.29 is 8.81 Å². The summed E-state index contributed by atoms with van der Waals surface area (Å²) in [4.78, 5) is 2.56. The standard InChI is InChI=1S/C30H38FNO/c1-4-5-11-29(28-14-13-26(31)18-23(28)3)24-12-15-30-25(19-24)20-27(33-30)21-32-16-7-6-9-22(2)10-8-17-32/h11-15,18-20,22H,4-10,16-17,21H2,1-3H3. The highest BCUT2D eigenvalue weighted by Crippen LogP contribution is 2.31. The molecule has 1 aliphatic rings. The second-order valence-electron chi connectivity index (χ2n) is 9.85. The topological polar surface area (TPSA) is 16.4 Å². The minimum Gasteiger partial charge on any atom is -0.460 e. The Morgan fingerprint density at radius 2 is 1.88 bits per heavy atom. The maximum absolute atomic E-state index is 13.7. The molecular formula is C30H38FNO. The number of hydrogen-bond donors (Lipinski definition) is 0. The molecule has 33 heavy (non-hydrogen) atoms. The van der Waals surface area contributed by atoms with Gasteiger partial charge in [0.2, 0.25) is 0 Å². The quantitative estimate of drug-likeness (QED) is 0.376. The lowest BCUT2D eigenvalue weighted by molar-refractivity contribution is 0.241. The van der Waals surface area contributed by atoms with Crippen molar-refractivity contribution in [3.05, 3.63) is 76.8 Å². The third kappa shape index (κ3) is 6.14. The largest absolute Gasteiger partial charge is 0.460 e. The molecule has 3 heteroatoms. The molecule has 176 valence electrons. The van der Waals surface area contributed by atoms with Gasteiger partial charge in [-0.25, -0.2) is 4.39 Å². The first kappa shape index (κ1) is 23.8. The number of fused-ring (bicyclic) bond motifs is 1. The van der Waals surface area contributed by atoms with Crippen LogP contribution in [0.15, 0.2) is 53.0 Å². The minimum absolute atomic E-state index is 0.185. The summed E-state index contributed by atoms with van der Waals surface area (Å²) in [6, 6.07) is 13.8. The van der Waals surface area contributed by atoms with Crippen LogP contribution in [-0.4, -0.2) is 18.0 Å². The molecule has 2 nitrogen and oxygen atoms in total. The van der Waals surface area contributed by atoms with E-state index in [9.17, 15) is 4.39 Å². The van der Waals surface area contributed by atoms with Crippen molar-refractivity contribution in [2.24, 2.45) is 5.92 Å². The van der Waals surface area contributed by atoms with Crippen LogP contribution in [0, 0.1) is 18.7 Å². The molecule has 0 radical (unpaired) electrons. The Morgan fingerprint density at radius 3 is 2.70 bits per heavy atom. The average Bonchev–Trinajstić information content (AvgIpc) is 3.22. The molecule has 1 aromatic heterocycles. The first-order valence-electron chi connectivity index (χ1n) is 12.8. The van der Waals surface area contributed by atoms with Gasteiger partial charge < -0.3 is 4.42 Å². The molecule has 2 aromatic carbocycles. The van der Waals surface area contributed by atoms with Crippen LogP contribution in [0.2, 0.25) is 0 Å². The Labute approximate surface area is 198 Å². The van der Waals surface area contributed by atoms with E-state index in [4.69, 9.17) is 4.42 Å². The lowest BCUT2D eigenvalue weighted by Crippen LogP contribution is -2.25. The van der Waals surface area contributed by atoms with Crippen molar-refractivity contribution in [2.75, 3.05) is 13.1 Å². The highest BCUT2D eigenvalue weighted by Gasteiger charge is 2.15. The van der Waals surface area contributed by atoms with E-state index in [1.807, 2.05) is 13.0 Å². The molecule has 0 N–H and O–H groups in total. The molecule has 0 bridgehead atoms. The zero-order valence-electron chi connectivity index (χ0n) is 20.5. The Bertz CT molecular complexity index is 1100. The molecule has 4 rings (SSSR count). The Hall–Kier alpha value is -2.39. The van der Waals surface area contributed by atoms with Gasteiger partial charge in [0.25, 0.3) is 0 Å². The number of hydrogen-bond acceptors (Lipinski definition) is 2. The molecule has 0 saturated carbocycles. The van der Waals surface area contributed by atoms with E-state index < -0.39 is 0 Å². The summed E-state index contributed by atoms with van der Waals surface area (Å²) in [6.07, 6.45) is 10.9. The number of benzene rings is 2. The van der Waals surface area contributed by atoms with Crippen LogP contribution < -0.4 is 0 Å². The normalized spacial score (nSPS) is 18.8. The van der Waals surface area contributed by atoms with E-state index in [2.05, 4.69) is 49.1 Å². The Kier molecular flexibility index (Phi) is 8.03. The van der Waals surface area contributed by atoms with Crippen LogP contribution >= 0.6 is 0 Å². The summed E-state index contributed by atoms with van der Waals surface area (Å²) in [5.41, 5.74) is 5.34. The monoisotopic (exact) mass is 447 g/mol. The summed E-state index contributed by atoms with van der Waals surface area (Å²) < 4.78 is 20.0. The van der Waals surface area contributed by atoms with E-state index in [0.29, 0.717) is 0 Å². The summed E-state index contributed by atoms with van der Waals surface area (Å²) in [5.74, 6) is 1.72. The SMILES string of the molecule is CCCC=C(c1ccc2oc(CN3CCCCC(C)CCC3)cc2c1)c1ccc(F)cc1C. The number of nitrogens with zero attached hydrogens (tertiary/aromatic N) is 1. The van der Waals surface area contributed by atoms with Crippen LogP contribution in [0.1, 0.15) is 81.2 Å². The molecule has 3 aromatic rings. The van der Waals surface area contributed by atoms with Crippen molar-refractivity contribution >= 4 is 16.5 Å². The van der Waals surface area contributed by atoms with Gasteiger partial charge in [0.15, 0.2) is 0 Å². The highest BCUT2D eigenvalue weighted by molar-refractivity contribution is 5.88. The van der Waals surface area contributed by atoms with Gasteiger partial charge in [-0.3, -0.25) is 4.90 Å². The fourth-order valence-corrected chi connectivity index (χ4v) is 5.07. The maximum atomic E-state index is 13.7. The zero-order valence-corrected chi connectivity index (χ0v) is 20.5. The summed E-state index contributed by atoms with van der Waals surface area (Å²) in [7, 11) is 0. The van der Waals surface area contributed by atoms with Crippen LogP contribution in [-0.2, 0) is 6.54 Å². The number of aryl methyl sites for hydroxylation is 1. The van der Waals surface area contributed by atoms with Gasteiger partial charge >= 0.3 is 0 Å². The molecule has 1 saturated heterocycles. The number of halogens is 1. The van der Waals surface area contributed by atoms with Crippen LogP contribution in [0.25, 0.3) is 16.5 Å². The second-order valence-corrected chi connectivity index (χ2v) is 9.85. The van der Waals surface area contributed by atoms with E-state index in [1.165, 1.54) is 37.7 Å². The van der Waals surface area contributed by atoms with Crippen LogP contribution in [0.3, 0.4) is 0 Å². The zero-order chi connectivity index (χ0) is 23.2. The van der Waals surface area contributed by atoms with Crippen molar-refractivity contribution in [3.8, 4) is 0 Å². The Balaban J connectivity index is 1.58. The minimum atomic E-state index is -0.185. The van der Waals surface area contributed by atoms with E-state index in [-0.39, 0.29) is 5.82 Å². The first-order chi connectivity index (χ1) is 16.0. The predicted molar refractivity (Wildman–Crippen MR) is 137 cm³/mol. The molecule has 0 spiro atoms. The third-order valence-electron chi connectivity index (χ3n) is 6.97. The van der Waals surface area contributed by atoms with Crippen molar-refractivity contribution in [2.45, 2.75) is 72.3 Å². The molecule has 0 amide bonds. The molecule has 1 atom stereocenters. The smallest absolute Gasteiger partial charge is 0.134 e. The summed E-state index contributed by atoms with van der Waals surface area (Å²) >= 11 is 0. The van der Waals surface area contributed by atoms with Crippen LogP contribution in [0.5, 0.6) is 0 Å². The van der Waals surface area contributed by atoms with Crippen molar-refractivity contribution in [1.29, 1.82) is 0 Å². The van der Waals surface area contributed by atoms with E-state index in [0.717, 1.165) is 71.8 Å². The lowest BCUT2D eigenvalue weighted by atomic mass is 9.92. The van der Waals surface area contributed by atoms with Gasteiger partial charge in [-0.05, 0) is 104 Å². The summed E-state index contributed by atoms with van der Waals surface area (Å²) in [6.45, 7) is 9.75. The third-order valence-corrected chi connectivity index (χ3v) is 6.97. The Morgan fingerprint density at radius 1 is 1.06 bits per heavy atom. The van der Waals surface area contributed by atoms with Crippen LogP contribution in [0.4, 0.5) is 4.39 Å². The molecule has 2 heterocycles. The maximum Gasteiger partial charge on any atom is 0.134 e. The van der Waals surface area contributed by atoms with Gasteiger partial charge in [0.05, 0.1) is 6.54 Å². The van der Waals surface area contributed by atoms with Crippen molar-refractivity contribution in [3.63, 3.8) is 0 Å². The molecule has 1 unspecified atom stereocenters. The second kappa shape index (κ2) is 11.2. The first-order valence-corrected chi connectivity index (χ1v) is 12.8. The van der Waals surface area contributed by atoms with Gasteiger partial charge in [-0.15, -0.1) is 0 Å². The molecule has 0 aliphatic carbocycles. The van der Waals surface area contributed by atoms with Gasteiger partial charge in [-0.2, -0.15) is 0 Å². The molecular weight excluding hydrogens is 409 g/mol. The van der Waals surface area contributed by atoms with Gasteiger partial charge in [0.1, 0.15) is 17.2 Å². The fourth-order valence-electron chi connectivity index (χ4n) is 5.07. The molecule has 1 aliphatic heterocycles. The van der Waals surface area contributed by atoms with Gasteiger partial charge in [0, 0.05) is 5.39 Å². The van der Waals surface area contributed by atoms with Crippen molar-refractivity contribution in [1.82, 2.24) is 4.90 Å². The number of unbranched alkanes of at least 4 members (excludes halogenated alkanes) is 1. The van der Waals surface area contributed by atoms with E-state index in [1.54, 1.807) is 12.1 Å². The average molecular weight is 448 g/mol. The van der Waals surface area contributed by atoms with Gasteiger partial charge in [-0.1, -0.05) is 51.3 Å². The van der Waals surface area contributed by atoms with E-state index >= 15 is 0 Å². The summed E-state index contributed by atoms with van der Waals surface area (Å²) in [5, 5.41) is 1.14. The number of furan rings is 1. The number of allylic oxidation sites excluding steroid dienone is 1. The predicted octanol–water partition coefficient (Wildman–Crippen LogP) is 8.51. The molecule has 1 fully saturated rings. The number of rotatable bonds is 6.